The number of piperazine rings is 1. The van der Waals surface area contributed by atoms with E-state index in [9.17, 15) is 9.90 Å². The molecule has 29 heavy (non-hydrogen) atoms. The highest BCUT2D eigenvalue weighted by Gasteiger charge is 2.15. The molecular weight excluding hydrogens is 384 g/mol. The molecule has 1 atom stereocenters. The molecule has 0 aliphatic carbocycles. The van der Waals surface area contributed by atoms with Crippen LogP contribution in [0.3, 0.4) is 0 Å². The minimum Gasteiger partial charge on any atom is -0.386 e. The zero-order valence-corrected chi connectivity index (χ0v) is 17.1. The number of rotatable bonds is 7. The molecule has 1 aliphatic heterocycles. The van der Waals surface area contributed by atoms with Crippen molar-refractivity contribution in [3.05, 3.63) is 59.1 Å². The van der Waals surface area contributed by atoms with Crippen LogP contribution < -0.4 is 10.6 Å². The Morgan fingerprint density at radius 2 is 1.93 bits per heavy atom. The average molecular weight is 411 g/mol. The average Bonchev–Trinajstić information content (AvgIpc) is 3.18. The summed E-state index contributed by atoms with van der Waals surface area (Å²) in [5.74, 6) is 0.0194. The molecule has 1 aliphatic rings. The Morgan fingerprint density at radius 3 is 2.69 bits per heavy atom. The topological polar surface area (TPSA) is 77.5 Å². The second kappa shape index (κ2) is 9.45. The fourth-order valence-corrected chi connectivity index (χ4v) is 4.48. The number of nitrogens with one attached hydrogen (secondary N) is 2. The van der Waals surface area contributed by atoms with Gasteiger partial charge in [0, 0.05) is 31.9 Å². The number of para-hydroxylation sites is 1. The third-order valence-electron chi connectivity index (χ3n) is 5.12. The number of aliphatic hydroxyl groups excluding tert-OH is 1. The van der Waals surface area contributed by atoms with Gasteiger partial charge in [0.1, 0.15) is 11.1 Å². The van der Waals surface area contributed by atoms with Crippen LogP contribution in [0.2, 0.25) is 0 Å². The third kappa shape index (κ3) is 5.39. The molecule has 0 saturated carbocycles. The van der Waals surface area contributed by atoms with Gasteiger partial charge in [-0.3, -0.25) is 9.69 Å². The van der Waals surface area contributed by atoms with E-state index >= 15 is 0 Å². The molecule has 2 heterocycles. The van der Waals surface area contributed by atoms with Crippen LogP contribution in [-0.2, 0) is 11.2 Å². The first-order chi connectivity index (χ1) is 14.2. The molecule has 2 aromatic carbocycles. The highest BCUT2D eigenvalue weighted by Crippen LogP contribution is 2.28. The second-order valence-corrected chi connectivity index (χ2v) is 8.41. The van der Waals surface area contributed by atoms with Crippen LogP contribution in [0.25, 0.3) is 10.2 Å². The van der Waals surface area contributed by atoms with Gasteiger partial charge >= 0.3 is 0 Å². The molecule has 152 valence electrons. The van der Waals surface area contributed by atoms with E-state index < -0.39 is 6.10 Å². The van der Waals surface area contributed by atoms with Gasteiger partial charge < -0.3 is 15.7 Å². The molecular formula is C22H26N4O2S. The van der Waals surface area contributed by atoms with Crippen molar-refractivity contribution in [3.63, 3.8) is 0 Å². The normalized spacial score (nSPS) is 16.0. The summed E-state index contributed by atoms with van der Waals surface area (Å²) in [6.07, 6.45) is 0.812. The summed E-state index contributed by atoms with van der Waals surface area (Å²) in [7, 11) is 0. The molecule has 3 aromatic rings. The van der Waals surface area contributed by atoms with Gasteiger partial charge in [0.05, 0.1) is 16.8 Å². The summed E-state index contributed by atoms with van der Waals surface area (Å²) in [5.41, 5.74) is 2.87. The maximum atomic E-state index is 12.2. The highest BCUT2D eigenvalue weighted by atomic mass is 32.1. The minimum atomic E-state index is -0.564. The predicted octanol–water partition coefficient (Wildman–Crippen LogP) is 2.81. The van der Waals surface area contributed by atoms with E-state index in [1.54, 1.807) is 11.3 Å². The Bertz CT molecular complexity index is 918. The summed E-state index contributed by atoms with van der Waals surface area (Å²) >= 11 is 1.55. The lowest BCUT2D eigenvalue weighted by atomic mass is 10.1. The second-order valence-electron chi connectivity index (χ2n) is 7.35. The number of benzene rings is 2. The molecule has 1 amide bonds. The van der Waals surface area contributed by atoms with Gasteiger partial charge in [0.15, 0.2) is 0 Å². The fourth-order valence-electron chi connectivity index (χ4n) is 3.49. The number of aromatic nitrogens is 1. The number of nitrogens with zero attached hydrogens (tertiary/aromatic N) is 2. The highest BCUT2D eigenvalue weighted by molar-refractivity contribution is 7.18. The molecule has 6 nitrogen and oxygen atoms in total. The summed E-state index contributed by atoms with van der Waals surface area (Å²) < 4.78 is 1.10. The molecule has 1 saturated heterocycles. The Hall–Kier alpha value is -2.32. The van der Waals surface area contributed by atoms with Crippen molar-refractivity contribution in [1.82, 2.24) is 15.2 Å². The molecule has 1 unspecified atom stereocenters. The number of hydrogen-bond acceptors (Lipinski definition) is 6. The minimum absolute atomic E-state index is 0.0194. The summed E-state index contributed by atoms with van der Waals surface area (Å²) in [4.78, 5) is 18.9. The van der Waals surface area contributed by atoms with E-state index in [1.165, 1.54) is 0 Å². The number of amides is 1. The van der Waals surface area contributed by atoms with E-state index in [1.807, 2.05) is 48.5 Å². The van der Waals surface area contributed by atoms with Crippen molar-refractivity contribution >= 4 is 33.1 Å². The lowest BCUT2D eigenvalue weighted by Gasteiger charge is -2.26. The molecule has 1 fully saturated rings. The monoisotopic (exact) mass is 410 g/mol. The zero-order valence-electron chi connectivity index (χ0n) is 16.3. The molecule has 0 radical (unpaired) electrons. The lowest BCUT2D eigenvalue weighted by molar-refractivity contribution is -0.117. The van der Waals surface area contributed by atoms with E-state index in [0.717, 1.165) is 59.1 Å². The summed E-state index contributed by atoms with van der Waals surface area (Å²) in [6, 6.07) is 15.8. The van der Waals surface area contributed by atoms with Gasteiger partial charge in [0.2, 0.25) is 5.91 Å². The Labute approximate surface area is 174 Å². The number of aliphatic hydroxyl groups is 1. The molecule has 4 rings (SSSR count). The van der Waals surface area contributed by atoms with E-state index in [0.29, 0.717) is 13.0 Å². The number of aryl methyl sites for hydroxylation is 1. The number of carbonyl (C=O) groups is 1. The van der Waals surface area contributed by atoms with Crippen LogP contribution >= 0.6 is 11.3 Å². The van der Waals surface area contributed by atoms with Gasteiger partial charge in [-0.25, -0.2) is 4.98 Å². The zero-order chi connectivity index (χ0) is 20.1. The van der Waals surface area contributed by atoms with E-state index in [-0.39, 0.29) is 5.91 Å². The quantitative estimate of drug-likeness (QED) is 0.558. The number of carbonyl (C=O) groups excluding carboxylic acids is 1. The largest absolute Gasteiger partial charge is 0.386 e. The fraction of sp³-hybridized carbons (Fsp3) is 0.364. The Morgan fingerprint density at radius 1 is 1.17 bits per heavy atom. The predicted molar refractivity (Wildman–Crippen MR) is 117 cm³/mol. The lowest BCUT2D eigenvalue weighted by Crippen LogP contribution is -2.46. The van der Waals surface area contributed by atoms with Crippen LogP contribution in [0.5, 0.6) is 0 Å². The van der Waals surface area contributed by atoms with Gasteiger partial charge in [0.25, 0.3) is 0 Å². The van der Waals surface area contributed by atoms with Crippen LogP contribution in [0.1, 0.15) is 23.1 Å². The molecule has 0 bridgehead atoms. The molecule has 1 aromatic heterocycles. The van der Waals surface area contributed by atoms with Gasteiger partial charge in [-0.2, -0.15) is 0 Å². The van der Waals surface area contributed by atoms with Gasteiger partial charge in [-0.05, 0) is 42.7 Å². The van der Waals surface area contributed by atoms with Gasteiger partial charge in [-0.15, -0.1) is 11.3 Å². The molecule has 3 N–H and O–H groups in total. The number of fused-ring (bicyclic) bond motifs is 1. The Kier molecular flexibility index (Phi) is 6.51. The standard InChI is InChI=1S/C22H26N4O2S/c27-19(22-25-18-3-1-2-4-20(18)29-22)10-7-16-5-8-17(9-6-16)24-21(28)15-26-13-11-23-12-14-26/h1-6,8-9,19,23,27H,7,10-15H2,(H,24,28). The smallest absolute Gasteiger partial charge is 0.238 e. The molecule has 0 spiro atoms. The van der Waals surface area contributed by atoms with Crippen LogP contribution in [-0.4, -0.2) is 53.6 Å². The number of anilines is 1. The number of hydrogen-bond donors (Lipinski definition) is 3. The van der Waals surface area contributed by atoms with Crippen molar-refractivity contribution in [1.29, 1.82) is 0 Å². The molecule has 7 heteroatoms. The van der Waals surface area contributed by atoms with Crippen molar-refractivity contribution in [2.45, 2.75) is 18.9 Å². The summed E-state index contributed by atoms with van der Waals surface area (Å²) in [6.45, 7) is 4.11. The summed E-state index contributed by atoms with van der Waals surface area (Å²) in [5, 5.41) is 17.5. The van der Waals surface area contributed by atoms with Crippen LogP contribution in [0, 0.1) is 0 Å². The van der Waals surface area contributed by atoms with Gasteiger partial charge in [-0.1, -0.05) is 24.3 Å². The number of thiazole rings is 1. The van der Waals surface area contributed by atoms with Crippen molar-refractivity contribution in [3.8, 4) is 0 Å². The maximum absolute atomic E-state index is 12.2. The first-order valence-corrected chi connectivity index (χ1v) is 10.8. The maximum Gasteiger partial charge on any atom is 0.238 e. The Balaban J connectivity index is 1.27. The van der Waals surface area contributed by atoms with Crippen LogP contribution in [0.15, 0.2) is 48.5 Å². The van der Waals surface area contributed by atoms with E-state index in [2.05, 4.69) is 20.5 Å². The van der Waals surface area contributed by atoms with Crippen molar-refractivity contribution in [2.24, 2.45) is 0 Å². The van der Waals surface area contributed by atoms with Crippen molar-refractivity contribution in [2.75, 3.05) is 38.0 Å². The van der Waals surface area contributed by atoms with Crippen LogP contribution in [0.4, 0.5) is 5.69 Å². The first-order valence-electron chi connectivity index (χ1n) is 10.0. The third-order valence-corrected chi connectivity index (χ3v) is 6.25. The SMILES string of the molecule is O=C(CN1CCNCC1)Nc1ccc(CCC(O)c2nc3ccccc3s2)cc1. The van der Waals surface area contributed by atoms with E-state index in [4.69, 9.17) is 0 Å². The first kappa shape index (κ1) is 20.0. The van der Waals surface area contributed by atoms with Crippen molar-refractivity contribution < 1.29 is 9.90 Å².